The zero-order valence-corrected chi connectivity index (χ0v) is 11.2. The van der Waals surface area contributed by atoms with Gasteiger partial charge in [0.15, 0.2) is 0 Å². The van der Waals surface area contributed by atoms with Crippen molar-refractivity contribution in [1.82, 2.24) is 9.55 Å². The van der Waals surface area contributed by atoms with Crippen LogP contribution in [-0.4, -0.2) is 14.5 Å². The third kappa shape index (κ3) is 2.26. The predicted octanol–water partition coefficient (Wildman–Crippen LogP) is 1.63. The van der Waals surface area contributed by atoms with Crippen LogP contribution in [0.3, 0.4) is 0 Å². The van der Waals surface area contributed by atoms with E-state index in [9.17, 15) is 4.79 Å². The number of para-hydroxylation sites is 2. The summed E-state index contributed by atoms with van der Waals surface area (Å²) in [6.07, 6.45) is 0. The Morgan fingerprint density at radius 1 is 1.50 bits per heavy atom. The van der Waals surface area contributed by atoms with Crippen LogP contribution in [0, 0.1) is 12.8 Å². The lowest BCUT2D eigenvalue weighted by molar-refractivity contribution is 0.594. The maximum Gasteiger partial charge on any atom is 0.272 e. The number of hydrogen-bond donors (Lipinski definition) is 1. The highest BCUT2D eigenvalue weighted by Gasteiger charge is 2.12. The molecule has 0 amide bonds. The van der Waals surface area contributed by atoms with E-state index in [1.54, 1.807) is 11.5 Å². The summed E-state index contributed by atoms with van der Waals surface area (Å²) in [6.45, 7) is 4.12. The molecule has 0 aliphatic carbocycles. The van der Waals surface area contributed by atoms with Gasteiger partial charge in [-0.15, -0.1) is 0 Å². The zero-order chi connectivity index (χ0) is 13.3. The number of aryl methyl sites for hydroxylation is 1. The first-order valence-corrected chi connectivity index (χ1v) is 6.17. The molecule has 1 unspecified atom stereocenters. The Hall–Kier alpha value is -1.75. The van der Waals surface area contributed by atoms with Crippen molar-refractivity contribution in [2.24, 2.45) is 11.7 Å². The fourth-order valence-corrected chi connectivity index (χ4v) is 1.94. The Morgan fingerprint density at radius 2 is 2.17 bits per heavy atom. The van der Waals surface area contributed by atoms with E-state index in [1.165, 1.54) is 0 Å². The van der Waals surface area contributed by atoms with Crippen molar-refractivity contribution in [2.45, 2.75) is 20.4 Å². The Kier molecular flexibility index (Phi) is 3.43. The molecule has 94 valence electrons. The molecule has 0 spiro atoms. The third-order valence-electron chi connectivity index (χ3n) is 2.96. The number of benzene rings is 1. The molecule has 0 fully saturated rings. The van der Waals surface area contributed by atoms with Crippen molar-refractivity contribution in [3.8, 4) is 0 Å². The van der Waals surface area contributed by atoms with E-state index in [1.807, 2.05) is 31.2 Å². The molecular formula is C13H15N3OS. The van der Waals surface area contributed by atoms with Crippen LogP contribution in [0.2, 0.25) is 0 Å². The molecule has 4 nitrogen and oxygen atoms in total. The molecule has 0 saturated heterocycles. The van der Waals surface area contributed by atoms with Gasteiger partial charge in [-0.3, -0.25) is 4.79 Å². The maximum absolute atomic E-state index is 12.2. The smallest absolute Gasteiger partial charge is 0.272 e. The van der Waals surface area contributed by atoms with E-state index < -0.39 is 0 Å². The molecule has 1 heterocycles. The molecule has 0 bridgehead atoms. The average molecular weight is 261 g/mol. The molecule has 1 atom stereocenters. The number of aromatic nitrogens is 2. The molecular weight excluding hydrogens is 246 g/mol. The van der Waals surface area contributed by atoms with Crippen LogP contribution in [-0.2, 0) is 6.54 Å². The van der Waals surface area contributed by atoms with Gasteiger partial charge in [0.2, 0.25) is 0 Å². The van der Waals surface area contributed by atoms with E-state index in [0.29, 0.717) is 17.2 Å². The highest BCUT2D eigenvalue weighted by molar-refractivity contribution is 7.80. The molecule has 18 heavy (non-hydrogen) atoms. The summed E-state index contributed by atoms with van der Waals surface area (Å²) in [6, 6.07) is 7.57. The monoisotopic (exact) mass is 261 g/mol. The summed E-state index contributed by atoms with van der Waals surface area (Å²) in [4.78, 5) is 16.9. The van der Waals surface area contributed by atoms with Crippen molar-refractivity contribution >= 4 is 28.2 Å². The van der Waals surface area contributed by atoms with Gasteiger partial charge in [-0.2, -0.15) is 0 Å². The van der Waals surface area contributed by atoms with Crippen molar-refractivity contribution < 1.29 is 0 Å². The van der Waals surface area contributed by atoms with Crippen LogP contribution in [0.15, 0.2) is 29.1 Å². The van der Waals surface area contributed by atoms with Crippen LogP contribution in [0.25, 0.3) is 11.0 Å². The van der Waals surface area contributed by atoms with Gasteiger partial charge < -0.3 is 10.3 Å². The van der Waals surface area contributed by atoms with E-state index in [-0.39, 0.29) is 11.5 Å². The molecule has 0 aliphatic heterocycles. The second-order valence-electron chi connectivity index (χ2n) is 4.41. The summed E-state index contributed by atoms with van der Waals surface area (Å²) in [7, 11) is 0. The molecule has 0 aliphatic rings. The van der Waals surface area contributed by atoms with Crippen LogP contribution < -0.4 is 11.3 Å². The Labute approximate surface area is 110 Å². The van der Waals surface area contributed by atoms with E-state index in [4.69, 9.17) is 18.0 Å². The van der Waals surface area contributed by atoms with E-state index >= 15 is 0 Å². The molecule has 5 heteroatoms. The second kappa shape index (κ2) is 4.86. The van der Waals surface area contributed by atoms with Gasteiger partial charge in [-0.05, 0) is 19.1 Å². The molecule has 1 aromatic carbocycles. The number of nitrogens with zero attached hydrogens (tertiary/aromatic N) is 2. The Morgan fingerprint density at radius 3 is 2.83 bits per heavy atom. The SMILES string of the molecule is Cc1nc2ccccc2n(CC(C)C(N)=S)c1=O. The van der Waals surface area contributed by atoms with Gasteiger partial charge in [-0.1, -0.05) is 31.3 Å². The van der Waals surface area contributed by atoms with Gasteiger partial charge in [-0.25, -0.2) is 4.98 Å². The van der Waals surface area contributed by atoms with Crippen LogP contribution in [0.4, 0.5) is 0 Å². The fourth-order valence-electron chi connectivity index (χ4n) is 1.87. The topological polar surface area (TPSA) is 60.9 Å². The van der Waals surface area contributed by atoms with E-state index in [0.717, 1.165) is 11.0 Å². The number of rotatable bonds is 3. The van der Waals surface area contributed by atoms with Gasteiger partial charge in [0.05, 0.1) is 16.0 Å². The standard InChI is InChI=1S/C13H15N3OS/c1-8(12(14)18)7-16-11-6-4-3-5-10(11)15-9(2)13(16)17/h3-6,8H,7H2,1-2H3,(H2,14,18). The van der Waals surface area contributed by atoms with Gasteiger partial charge in [0.25, 0.3) is 5.56 Å². The molecule has 0 radical (unpaired) electrons. The highest BCUT2D eigenvalue weighted by atomic mass is 32.1. The van der Waals surface area contributed by atoms with Crippen molar-refractivity contribution in [3.63, 3.8) is 0 Å². The minimum atomic E-state index is -0.0863. The van der Waals surface area contributed by atoms with Crippen molar-refractivity contribution in [2.75, 3.05) is 0 Å². The predicted molar refractivity (Wildman–Crippen MR) is 76.7 cm³/mol. The lowest BCUT2D eigenvalue weighted by Crippen LogP contribution is -2.30. The Bertz CT molecular complexity index is 663. The third-order valence-corrected chi connectivity index (χ3v) is 3.36. The first-order valence-electron chi connectivity index (χ1n) is 5.76. The lowest BCUT2D eigenvalue weighted by Gasteiger charge is -2.15. The van der Waals surface area contributed by atoms with Crippen LogP contribution in [0.5, 0.6) is 0 Å². The van der Waals surface area contributed by atoms with Gasteiger partial charge in [0, 0.05) is 12.5 Å². The quantitative estimate of drug-likeness (QED) is 0.853. The first kappa shape index (κ1) is 12.7. The fraction of sp³-hybridized carbons (Fsp3) is 0.308. The van der Waals surface area contributed by atoms with Crippen LogP contribution >= 0.6 is 12.2 Å². The number of thiocarbonyl (C=S) groups is 1. The minimum absolute atomic E-state index is 0.0251. The largest absolute Gasteiger partial charge is 0.393 e. The summed E-state index contributed by atoms with van der Waals surface area (Å²) in [5, 5.41) is 0. The summed E-state index contributed by atoms with van der Waals surface area (Å²) >= 11 is 4.96. The lowest BCUT2D eigenvalue weighted by atomic mass is 10.1. The summed E-state index contributed by atoms with van der Waals surface area (Å²) in [5.74, 6) is -0.0251. The summed E-state index contributed by atoms with van der Waals surface area (Å²) in [5.41, 5.74) is 7.65. The van der Waals surface area contributed by atoms with Gasteiger partial charge >= 0.3 is 0 Å². The normalized spacial score (nSPS) is 12.6. The summed E-state index contributed by atoms with van der Waals surface area (Å²) < 4.78 is 1.70. The van der Waals surface area contributed by atoms with E-state index in [2.05, 4.69) is 4.98 Å². The Balaban J connectivity index is 2.64. The average Bonchev–Trinajstić information content (AvgIpc) is 2.34. The molecule has 2 N–H and O–H groups in total. The molecule has 2 aromatic rings. The highest BCUT2D eigenvalue weighted by Crippen LogP contribution is 2.11. The van der Waals surface area contributed by atoms with Crippen molar-refractivity contribution in [3.05, 3.63) is 40.3 Å². The number of fused-ring (bicyclic) bond motifs is 1. The molecule has 2 rings (SSSR count). The molecule has 1 aromatic heterocycles. The van der Waals surface area contributed by atoms with Crippen LogP contribution in [0.1, 0.15) is 12.6 Å². The minimum Gasteiger partial charge on any atom is -0.393 e. The number of hydrogen-bond acceptors (Lipinski definition) is 3. The maximum atomic E-state index is 12.2. The second-order valence-corrected chi connectivity index (χ2v) is 4.88. The van der Waals surface area contributed by atoms with Gasteiger partial charge in [0.1, 0.15) is 5.69 Å². The zero-order valence-electron chi connectivity index (χ0n) is 10.4. The number of nitrogens with two attached hydrogens (primary N) is 1. The first-order chi connectivity index (χ1) is 8.50. The molecule has 0 saturated carbocycles. The van der Waals surface area contributed by atoms with Crippen molar-refractivity contribution in [1.29, 1.82) is 0 Å².